The van der Waals surface area contributed by atoms with Gasteiger partial charge in [-0.05, 0) is 25.0 Å². The quantitative estimate of drug-likeness (QED) is 0.698. The number of rotatable bonds is 2. The summed E-state index contributed by atoms with van der Waals surface area (Å²) in [4.78, 5) is 3.93. The molecule has 0 radical (unpaired) electrons. The summed E-state index contributed by atoms with van der Waals surface area (Å²) in [7, 11) is 0. The SMILES string of the molecule is CC[C@@H](O)c1cnc(N)cc1C. The smallest absolute Gasteiger partial charge is 0.123 e. The molecule has 1 aromatic heterocycles. The third kappa shape index (κ3) is 1.74. The number of anilines is 1. The van der Waals surface area contributed by atoms with Crippen molar-refractivity contribution in [2.24, 2.45) is 0 Å². The molecule has 3 heteroatoms. The fourth-order valence-electron chi connectivity index (χ4n) is 1.16. The van der Waals surface area contributed by atoms with Gasteiger partial charge < -0.3 is 10.8 Å². The first-order valence-electron chi connectivity index (χ1n) is 4.05. The van der Waals surface area contributed by atoms with E-state index in [1.807, 2.05) is 13.8 Å². The Hall–Kier alpha value is -1.09. The van der Waals surface area contributed by atoms with Crippen molar-refractivity contribution in [1.29, 1.82) is 0 Å². The van der Waals surface area contributed by atoms with Gasteiger partial charge >= 0.3 is 0 Å². The number of nitrogens with two attached hydrogens (primary N) is 1. The van der Waals surface area contributed by atoms with Crippen LogP contribution in [0.5, 0.6) is 0 Å². The zero-order valence-electron chi connectivity index (χ0n) is 7.41. The Balaban J connectivity index is 3.01. The Labute approximate surface area is 72.2 Å². The molecule has 0 aliphatic carbocycles. The maximum absolute atomic E-state index is 9.52. The molecule has 0 spiro atoms. The Morgan fingerprint density at radius 1 is 1.67 bits per heavy atom. The molecule has 12 heavy (non-hydrogen) atoms. The lowest BCUT2D eigenvalue weighted by Crippen LogP contribution is -2.01. The summed E-state index contributed by atoms with van der Waals surface area (Å²) in [5.41, 5.74) is 7.34. The van der Waals surface area contributed by atoms with Crippen molar-refractivity contribution in [3.63, 3.8) is 0 Å². The van der Waals surface area contributed by atoms with Crippen LogP contribution in [-0.2, 0) is 0 Å². The average molecular weight is 166 g/mol. The molecule has 3 N–H and O–H groups in total. The highest BCUT2D eigenvalue weighted by atomic mass is 16.3. The van der Waals surface area contributed by atoms with E-state index in [9.17, 15) is 5.11 Å². The lowest BCUT2D eigenvalue weighted by Gasteiger charge is -2.10. The molecule has 66 valence electrons. The molecule has 0 amide bonds. The van der Waals surface area contributed by atoms with Gasteiger partial charge in [0.15, 0.2) is 0 Å². The van der Waals surface area contributed by atoms with Gasteiger partial charge in [0, 0.05) is 11.8 Å². The lowest BCUT2D eigenvalue weighted by atomic mass is 10.0. The van der Waals surface area contributed by atoms with Crippen molar-refractivity contribution < 1.29 is 5.11 Å². The van der Waals surface area contributed by atoms with E-state index in [0.717, 1.165) is 11.1 Å². The first-order valence-corrected chi connectivity index (χ1v) is 4.05. The molecule has 1 atom stereocenters. The van der Waals surface area contributed by atoms with Crippen LogP contribution in [0, 0.1) is 6.92 Å². The molecule has 0 unspecified atom stereocenters. The van der Waals surface area contributed by atoms with E-state index < -0.39 is 6.10 Å². The number of aromatic nitrogens is 1. The van der Waals surface area contributed by atoms with Gasteiger partial charge in [0.2, 0.25) is 0 Å². The zero-order valence-corrected chi connectivity index (χ0v) is 7.41. The minimum Gasteiger partial charge on any atom is -0.388 e. The number of nitrogens with zero attached hydrogens (tertiary/aromatic N) is 1. The summed E-state index contributed by atoms with van der Waals surface area (Å²) in [5, 5.41) is 9.52. The minimum absolute atomic E-state index is 0.418. The molecule has 1 rings (SSSR count). The largest absolute Gasteiger partial charge is 0.388 e. The molecule has 0 aliphatic rings. The van der Waals surface area contributed by atoms with Crippen LogP contribution in [0.1, 0.15) is 30.6 Å². The summed E-state index contributed by atoms with van der Waals surface area (Å²) in [6.07, 6.45) is 1.92. The first-order chi connectivity index (χ1) is 5.65. The van der Waals surface area contributed by atoms with E-state index in [-0.39, 0.29) is 0 Å². The van der Waals surface area contributed by atoms with Gasteiger partial charge in [0.05, 0.1) is 6.10 Å². The van der Waals surface area contributed by atoms with Crippen LogP contribution in [0.2, 0.25) is 0 Å². The fraction of sp³-hybridized carbons (Fsp3) is 0.444. The summed E-state index contributed by atoms with van der Waals surface area (Å²) >= 11 is 0. The number of hydrogen-bond acceptors (Lipinski definition) is 3. The highest BCUT2D eigenvalue weighted by molar-refractivity contribution is 5.37. The van der Waals surface area contributed by atoms with Crippen LogP contribution in [0.15, 0.2) is 12.3 Å². The zero-order chi connectivity index (χ0) is 9.14. The normalized spacial score (nSPS) is 12.9. The number of pyridine rings is 1. The number of aliphatic hydroxyl groups excluding tert-OH is 1. The van der Waals surface area contributed by atoms with Gasteiger partial charge in [-0.15, -0.1) is 0 Å². The molecular formula is C9H14N2O. The van der Waals surface area contributed by atoms with Gasteiger partial charge in [-0.2, -0.15) is 0 Å². The van der Waals surface area contributed by atoms with Crippen LogP contribution in [-0.4, -0.2) is 10.1 Å². The molecule has 0 fully saturated rings. The van der Waals surface area contributed by atoms with Crippen molar-refractivity contribution >= 4 is 5.82 Å². The van der Waals surface area contributed by atoms with Gasteiger partial charge in [-0.25, -0.2) is 4.98 Å². The highest BCUT2D eigenvalue weighted by Crippen LogP contribution is 2.20. The maximum Gasteiger partial charge on any atom is 0.123 e. The van der Waals surface area contributed by atoms with Crippen molar-refractivity contribution in [2.75, 3.05) is 5.73 Å². The monoisotopic (exact) mass is 166 g/mol. The molecule has 0 saturated carbocycles. The predicted molar refractivity (Wildman–Crippen MR) is 48.6 cm³/mol. The van der Waals surface area contributed by atoms with Gasteiger partial charge in [0.25, 0.3) is 0 Å². The topological polar surface area (TPSA) is 59.1 Å². The molecule has 3 nitrogen and oxygen atoms in total. The summed E-state index contributed by atoms with van der Waals surface area (Å²) in [5.74, 6) is 0.500. The average Bonchev–Trinajstić information content (AvgIpc) is 2.03. The van der Waals surface area contributed by atoms with Crippen LogP contribution < -0.4 is 5.73 Å². The predicted octanol–water partition coefficient (Wildman–Crippen LogP) is 1.42. The van der Waals surface area contributed by atoms with Crippen molar-refractivity contribution in [2.45, 2.75) is 26.4 Å². The third-order valence-corrected chi connectivity index (χ3v) is 1.92. The summed E-state index contributed by atoms with van der Waals surface area (Å²) in [6, 6.07) is 1.77. The van der Waals surface area contributed by atoms with Crippen LogP contribution >= 0.6 is 0 Å². The van der Waals surface area contributed by atoms with E-state index in [1.165, 1.54) is 0 Å². The summed E-state index contributed by atoms with van der Waals surface area (Å²) < 4.78 is 0. The van der Waals surface area contributed by atoms with E-state index >= 15 is 0 Å². The maximum atomic E-state index is 9.52. The lowest BCUT2D eigenvalue weighted by molar-refractivity contribution is 0.172. The molecule has 1 heterocycles. The minimum atomic E-state index is -0.418. The number of aryl methyl sites for hydroxylation is 1. The van der Waals surface area contributed by atoms with Gasteiger partial charge in [-0.1, -0.05) is 6.92 Å². The second kappa shape index (κ2) is 3.54. The molecule has 0 aromatic carbocycles. The van der Waals surface area contributed by atoms with E-state index in [0.29, 0.717) is 12.2 Å². The van der Waals surface area contributed by atoms with Crippen LogP contribution in [0.3, 0.4) is 0 Å². The molecule has 0 bridgehead atoms. The molecule has 1 aromatic rings. The Bertz CT molecular complexity index is 273. The standard InChI is InChI=1S/C9H14N2O/c1-3-8(12)7-5-11-9(10)4-6(7)2/h4-5,8,12H,3H2,1-2H3,(H2,10,11)/t8-/m1/s1. The Morgan fingerprint density at radius 2 is 2.33 bits per heavy atom. The van der Waals surface area contributed by atoms with Crippen LogP contribution in [0.25, 0.3) is 0 Å². The molecular weight excluding hydrogens is 152 g/mol. The second-order valence-electron chi connectivity index (χ2n) is 2.89. The molecule has 0 saturated heterocycles. The van der Waals surface area contributed by atoms with Crippen LogP contribution in [0.4, 0.5) is 5.82 Å². The second-order valence-corrected chi connectivity index (χ2v) is 2.89. The van der Waals surface area contributed by atoms with E-state index in [4.69, 9.17) is 5.73 Å². The van der Waals surface area contributed by atoms with Gasteiger partial charge in [0.1, 0.15) is 5.82 Å². The summed E-state index contributed by atoms with van der Waals surface area (Å²) in [6.45, 7) is 3.85. The first kappa shape index (κ1) is 9.00. The van der Waals surface area contributed by atoms with Crippen molar-refractivity contribution in [3.05, 3.63) is 23.4 Å². The number of nitrogen functional groups attached to an aromatic ring is 1. The number of hydrogen-bond donors (Lipinski definition) is 2. The van der Waals surface area contributed by atoms with Crippen molar-refractivity contribution in [1.82, 2.24) is 4.98 Å². The Kier molecular flexibility index (Phi) is 2.65. The third-order valence-electron chi connectivity index (χ3n) is 1.92. The van der Waals surface area contributed by atoms with Crippen molar-refractivity contribution in [3.8, 4) is 0 Å². The number of aliphatic hydroxyl groups is 1. The van der Waals surface area contributed by atoms with E-state index in [1.54, 1.807) is 12.3 Å². The van der Waals surface area contributed by atoms with Gasteiger partial charge in [-0.3, -0.25) is 0 Å². The van der Waals surface area contributed by atoms with E-state index in [2.05, 4.69) is 4.98 Å². The highest BCUT2D eigenvalue weighted by Gasteiger charge is 2.07. The fourth-order valence-corrected chi connectivity index (χ4v) is 1.16. The Morgan fingerprint density at radius 3 is 2.83 bits per heavy atom. The molecule has 0 aliphatic heterocycles.